The van der Waals surface area contributed by atoms with Gasteiger partial charge in [-0.25, -0.2) is 14.8 Å². The number of nitrogens with one attached hydrogen (secondary N) is 5. The molecule has 3 fully saturated rings. The van der Waals surface area contributed by atoms with E-state index < -0.39 is 0 Å². The number of imidazole rings is 1. The van der Waals surface area contributed by atoms with Gasteiger partial charge < -0.3 is 15.6 Å². The number of hydrogen-bond donors (Lipinski definition) is 5. The fourth-order valence-electron chi connectivity index (χ4n) is 6.54. The molecule has 2 aromatic heterocycles. The number of halogens is 1. The molecule has 4 unspecified atom stereocenters. The minimum atomic E-state index is -0.258. The summed E-state index contributed by atoms with van der Waals surface area (Å²) in [5.41, 5.74) is 11.7. The van der Waals surface area contributed by atoms with Crippen LogP contribution < -0.4 is 21.5 Å². The third-order valence-corrected chi connectivity index (χ3v) is 8.61. The van der Waals surface area contributed by atoms with Crippen molar-refractivity contribution in [3.05, 3.63) is 78.1 Å². The number of hydrogen-bond acceptors (Lipinski definition) is 6. The molecule has 0 bridgehead atoms. The number of carbonyl (C=O) groups is 1. The summed E-state index contributed by atoms with van der Waals surface area (Å²) in [7, 11) is 0. The van der Waals surface area contributed by atoms with Gasteiger partial charge in [0.25, 0.3) is 0 Å². The number of piperidine rings is 1. The zero-order chi connectivity index (χ0) is 26.3. The van der Waals surface area contributed by atoms with Crippen LogP contribution in [0.4, 0.5) is 10.1 Å². The Hall–Kier alpha value is -3.66. The lowest BCUT2D eigenvalue weighted by Crippen LogP contribution is -2.46. The molecule has 2 aliphatic heterocycles. The second-order valence-corrected chi connectivity index (χ2v) is 11.0. The molecular formula is C30H32FN7O. The first-order valence-corrected chi connectivity index (χ1v) is 13.9. The van der Waals surface area contributed by atoms with Gasteiger partial charge in [-0.15, -0.1) is 0 Å². The smallest absolute Gasteiger partial charge is 0.227 e. The number of anilines is 1. The number of benzene rings is 2. The number of hydrazine groups is 1. The average molecular weight is 526 g/mol. The molecule has 4 atom stereocenters. The highest BCUT2D eigenvalue weighted by Crippen LogP contribution is 2.39. The first-order valence-electron chi connectivity index (χ1n) is 13.9. The molecule has 3 aliphatic rings. The second kappa shape index (κ2) is 10.1. The SMILES string of the molecule is O=C(Nc1cncc(C2CC3C(CN2)NNC3c2nc3c(-c4ccccc4F)cccc3[nH]2)c1)C1CCCC1. The molecule has 1 amide bonds. The molecule has 7 rings (SSSR count). The summed E-state index contributed by atoms with van der Waals surface area (Å²) in [6.07, 6.45) is 8.68. The second-order valence-electron chi connectivity index (χ2n) is 11.0. The molecule has 9 heteroatoms. The number of H-pyrrole nitrogens is 1. The van der Waals surface area contributed by atoms with E-state index in [1.165, 1.54) is 6.07 Å². The van der Waals surface area contributed by atoms with Gasteiger partial charge in [0.2, 0.25) is 5.91 Å². The van der Waals surface area contributed by atoms with Crippen LogP contribution in [0.3, 0.4) is 0 Å². The highest BCUT2D eigenvalue weighted by atomic mass is 19.1. The Balaban J connectivity index is 1.12. The van der Waals surface area contributed by atoms with Crippen LogP contribution >= 0.6 is 0 Å². The third kappa shape index (κ3) is 4.60. The Morgan fingerprint density at radius 2 is 1.85 bits per heavy atom. The standard InChI is InChI=1S/C30H32FN7O/c31-23-10-4-3-8-20(23)21-9-5-11-24-27(21)36-29(35-24)28-22-13-25(33-16-26(22)37-38-28)18-12-19(15-32-14-18)34-30(39)17-6-1-2-7-17/h3-5,8-12,14-15,17,22,25-26,28,33,37-38H,1-2,6-7,13,16H2,(H,34,39)(H,35,36). The molecule has 200 valence electrons. The van der Waals surface area contributed by atoms with Crippen LogP contribution in [0, 0.1) is 17.7 Å². The van der Waals surface area contributed by atoms with E-state index in [9.17, 15) is 9.18 Å². The molecule has 1 aliphatic carbocycles. The summed E-state index contributed by atoms with van der Waals surface area (Å²) in [6.45, 7) is 0.790. The van der Waals surface area contributed by atoms with E-state index >= 15 is 0 Å². The highest BCUT2D eigenvalue weighted by molar-refractivity contribution is 5.93. The maximum Gasteiger partial charge on any atom is 0.227 e. The van der Waals surface area contributed by atoms with Crippen LogP contribution in [-0.2, 0) is 4.79 Å². The Kier molecular flexibility index (Phi) is 6.34. The summed E-state index contributed by atoms with van der Waals surface area (Å²) >= 11 is 0. The van der Waals surface area contributed by atoms with Crippen LogP contribution in [0.2, 0.25) is 0 Å². The van der Waals surface area contributed by atoms with E-state index in [0.717, 1.165) is 72.3 Å². The number of aromatic nitrogens is 3. The molecule has 39 heavy (non-hydrogen) atoms. The minimum Gasteiger partial charge on any atom is -0.341 e. The van der Waals surface area contributed by atoms with E-state index in [-0.39, 0.29) is 41.7 Å². The molecule has 4 aromatic rings. The van der Waals surface area contributed by atoms with E-state index in [1.807, 2.05) is 36.5 Å². The van der Waals surface area contributed by atoms with Crippen molar-refractivity contribution < 1.29 is 9.18 Å². The molecule has 0 radical (unpaired) electrons. The van der Waals surface area contributed by atoms with E-state index in [4.69, 9.17) is 4.98 Å². The fraction of sp³-hybridized carbons (Fsp3) is 0.367. The summed E-state index contributed by atoms with van der Waals surface area (Å²) in [5, 5.41) is 6.74. The van der Waals surface area contributed by atoms with Crippen LogP contribution in [0.5, 0.6) is 0 Å². The Morgan fingerprint density at radius 3 is 2.72 bits per heavy atom. The maximum atomic E-state index is 14.6. The lowest BCUT2D eigenvalue weighted by atomic mass is 9.82. The molecule has 5 N–H and O–H groups in total. The van der Waals surface area contributed by atoms with Gasteiger partial charge in [0, 0.05) is 47.8 Å². The normalized spacial score (nSPS) is 25.2. The van der Waals surface area contributed by atoms with Crippen LogP contribution in [0.25, 0.3) is 22.2 Å². The molecule has 2 saturated heterocycles. The van der Waals surface area contributed by atoms with Crippen molar-refractivity contribution >= 4 is 22.6 Å². The third-order valence-electron chi connectivity index (χ3n) is 8.61. The van der Waals surface area contributed by atoms with Crippen molar-refractivity contribution in [1.29, 1.82) is 0 Å². The van der Waals surface area contributed by atoms with Gasteiger partial charge in [-0.2, -0.15) is 0 Å². The van der Waals surface area contributed by atoms with Crippen LogP contribution in [-0.4, -0.2) is 33.4 Å². The molecule has 4 heterocycles. The van der Waals surface area contributed by atoms with Gasteiger partial charge in [-0.1, -0.05) is 43.2 Å². The minimum absolute atomic E-state index is 0.0290. The zero-order valence-electron chi connectivity index (χ0n) is 21.6. The number of amides is 1. The van der Waals surface area contributed by atoms with Gasteiger partial charge >= 0.3 is 0 Å². The topological polar surface area (TPSA) is 107 Å². The molecule has 0 spiro atoms. The molecule has 1 saturated carbocycles. The average Bonchev–Trinajstić information content (AvgIpc) is 3.73. The number of fused-ring (bicyclic) bond motifs is 2. The number of para-hydroxylation sites is 1. The first kappa shape index (κ1) is 24.4. The van der Waals surface area contributed by atoms with Crippen molar-refractivity contribution in [1.82, 2.24) is 31.1 Å². The quantitative estimate of drug-likeness (QED) is 0.257. The van der Waals surface area contributed by atoms with Crippen molar-refractivity contribution in [2.24, 2.45) is 11.8 Å². The molecule has 8 nitrogen and oxygen atoms in total. The van der Waals surface area contributed by atoms with E-state index in [1.54, 1.807) is 18.3 Å². The predicted octanol–water partition coefficient (Wildman–Crippen LogP) is 4.76. The number of rotatable bonds is 5. The van der Waals surface area contributed by atoms with Crippen molar-refractivity contribution in [2.45, 2.75) is 50.2 Å². The zero-order valence-corrected chi connectivity index (χ0v) is 21.6. The lowest BCUT2D eigenvalue weighted by molar-refractivity contribution is -0.119. The molecule has 2 aromatic carbocycles. The predicted molar refractivity (Wildman–Crippen MR) is 148 cm³/mol. The first-order chi connectivity index (χ1) is 19.1. The largest absolute Gasteiger partial charge is 0.341 e. The Bertz CT molecular complexity index is 1510. The van der Waals surface area contributed by atoms with E-state index in [2.05, 4.69) is 31.5 Å². The maximum absolute atomic E-state index is 14.6. The summed E-state index contributed by atoms with van der Waals surface area (Å²) in [5.74, 6) is 1.07. The van der Waals surface area contributed by atoms with Crippen molar-refractivity contribution in [2.75, 3.05) is 11.9 Å². The van der Waals surface area contributed by atoms with Crippen molar-refractivity contribution in [3.8, 4) is 11.1 Å². The Morgan fingerprint density at radius 1 is 1.00 bits per heavy atom. The van der Waals surface area contributed by atoms with Crippen LogP contribution in [0.1, 0.15) is 55.6 Å². The van der Waals surface area contributed by atoms with E-state index in [0.29, 0.717) is 5.56 Å². The number of pyridine rings is 1. The Labute approximate surface area is 226 Å². The number of carbonyl (C=O) groups excluding carboxylic acids is 1. The summed E-state index contributed by atoms with van der Waals surface area (Å²) in [4.78, 5) is 25.6. The van der Waals surface area contributed by atoms with Gasteiger partial charge in [0.1, 0.15) is 11.6 Å². The molecular weight excluding hydrogens is 493 g/mol. The van der Waals surface area contributed by atoms with Crippen molar-refractivity contribution in [3.63, 3.8) is 0 Å². The number of nitrogens with zero attached hydrogens (tertiary/aromatic N) is 2. The lowest BCUT2D eigenvalue weighted by Gasteiger charge is -2.34. The van der Waals surface area contributed by atoms with Crippen LogP contribution in [0.15, 0.2) is 60.9 Å². The summed E-state index contributed by atoms with van der Waals surface area (Å²) < 4.78 is 14.6. The van der Waals surface area contributed by atoms with Gasteiger partial charge in [0.05, 0.1) is 29.0 Å². The monoisotopic (exact) mass is 525 g/mol. The fourth-order valence-corrected chi connectivity index (χ4v) is 6.54. The van der Waals surface area contributed by atoms with Gasteiger partial charge in [0.15, 0.2) is 0 Å². The van der Waals surface area contributed by atoms with Gasteiger partial charge in [-0.3, -0.25) is 15.2 Å². The van der Waals surface area contributed by atoms with Gasteiger partial charge in [-0.05, 0) is 43.0 Å². The number of aromatic amines is 1. The summed E-state index contributed by atoms with van der Waals surface area (Å²) in [6, 6.07) is 15.0. The highest BCUT2D eigenvalue weighted by Gasteiger charge is 2.42.